The molecule has 0 N–H and O–H groups in total. The minimum Gasteiger partial charge on any atom is -0.460 e. The zero-order valence-electron chi connectivity index (χ0n) is 20.4. The van der Waals surface area contributed by atoms with Gasteiger partial charge in [0.2, 0.25) is 5.78 Å². The predicted octanol–water partition coefficient (Wildman–Crippen LogP) is 3.65. The van der Waals surface area contributed by atoms with Gasteiger partial charge < -0.3 is 14.2 Å². The Hall–Kier alpha value is -1.43. The maximum absolute atomic E-state index is 13.6. The van der Waals surface area contributed by atoms with Crippen LogP contribution in [-0.2, 0) is 28.6 Å². The van der Waals surface area contributed by atoms with Gasteiger partial charge in [0, 0.05) is 0 Å². The van der Waals surface area contributed by atoms with Crippen LogP contribution in [0.3, 0.4) is 0 Å². The SMILES string of the molecule is CC1C(C)C2CC1C1C3CC(C(C(=O)OC(C)(C)C)C3C(=O)OC3C(=O)COC3(C)C)C21. The highest BCUT2D eigenvalue weighted by Crippen LogP contribution is 2.73. The van der Waals surface area contributed by atoms with Gasteiger partial charge in [0.1, 0.15) is 17.8 Å². The van der Waals surface area contributed by atoms with Crippen molar-refractivity contribution in [3.8, 4) is 0 Å². The fraction of sp³-hybridized carbons (Fsp3) is 0.885. The largest absolute Gasteiger partial charge is 0.460 e. The van der Waals surface area contributed by atoms with E-state index < -0.39 is 35.1 Å². The Morgan fingerprint density at radius 2 is 1.41 bits per heavy atom. The van der Waals surface area contributed by atoms with Crippen LogP contribution in [0.5, 0.6) is 0 Å². The lowest BCUT2D eigenvalue weighted by atomic mass is 9.59. The summed E-state index contributed by atoms with van der Waals surface area (Å²) in [5, 5.41) is 0. The molecule has 5 fully saturated rings. The van der Waals surface area contributed by atoms with E-state index in [1.807, 2.05) is 20.8 Å². The van der Waals surface area contributed by atoms with E-state index in [0.29, 0.717) is 35.5 Å². The Bertz CT molecular complexity index is 840. The second-order valence-corrected chi connectivity index (χ2v) is 12.8. The van der Waals surface area contributed by atoms with E-state index in [4.69, 9.17) is 14.2 Å². The van der Waals surface area contributed by atoms with Crippen LogP contribution < -0.4 is 0 Å². The third-order valence-electron chi connectivity index (χ3n) is 9.70. The molecule has 0 aromatic carbocycles. The highest BCUT2D eigenvalue weighted by atomic mass is 16.6. The van der Waals surface area contributed by atoms with Crippen molar-refractivity contribution in [2.45, 2.75) is 78.6 Å². The van der Waals surface area contributed by atoms with Crippen molar-refractivity contribution in [1.82, 2.24) is 0 Å². The number of fused-ring (bicyclic) bond motifs is 9. The second kappa shape index (κ2) is 7.04. The van der Waals surface area contributed by atoms with E-state index in [9.17, 15) is 14.4 Å². The lowest BCUT2D eigenvalue weighted by molar-refractivity contribution is -0.180. The van der Waals surface area contributed by atoms with Crippen LogP contribution in [0.1, 0.15) is 61.3 Å². The van der Waals surface area contributed by atoms with Gasteiger partial charge in [0.05, 0.1) is 11.8 Å². The van der Waals surface area contributed by atoms with E-state index >= 15 is 0 Å². The molecule has 11 unspecified atom stereocenters. The molecular weight excluding hydrogens is 408 g/mol. The molecule has 11 atom stereocenters. The first-order valence-electron chi connectivity index (χ1n) is 12.4. The molecule has 0 aromatic heterocycles. The van der Waals surface area contributed by atoms with Crippen molar-refractivity contribution >= 4 is 17.7 Å². The van der Waals surface area contributed by atoms with Gasteiger partial charge in [-0.25, -0.2) is 0 Å². The molecule has 6 nitrogen and oxygen atoms in total. The summed E-state index contributed by atoms with van der Waals surface area (Å²) in [6.07, 6.45) is 1.20. The number of carbonyl (C=O) groups excluding carboxylic acids is 3. The third kappa shape index (κ3) is 3.11. The molecule has 5 rings (SSSR count). The average molecular weight is 447 g/mol. The molecule has 0 radical (unpaired) electrons. The first-order chi connectivity index (χ1) is 14.8. The summed E-state index contributed by atoms with van der Waals surface area (Å²) >= 11 is 0. The molecule has 1 saturated heterocycles. The topological polar surface area (TPSA) is 78.9 Å². The second-order valence-electron chi connectivity index (χ2n) is 12.8. The average Bonchev–Trinajstić information content (AvgIpc) is 3.44. The van der Waals surface area contributed by atoms with E-state index in [2.05, 4.69) is 13.8 Å². The van der Waals surface area contributed by atoms with Gasteiger partial charge >= 0.3 is 11.9 Å². The molecule has 4 saturated carbocycles. The van der Waals surface area contributed by atoms with E-state index in [-0.39, 0.29) is 30.2 Å². The summed E-state index contributed by atoms with van der Waals surface area (Å²) in [6, 6.07) is 0. The zero-order chi connectivity index (χ0) is 23.3. The Balaban J connectivity index is 1.45. The van der Waals surface area contributed by atoms with Crippen LogP contribution in [0.4, 0.5) is 0 Å². The minimum absolute atomic E-state index is 0.0407. The number of esters is 2. The van der Waals surface area contributed by atoms with Crippen LogP contribution >= 0.6 is 0 Å². The van der Waals surface area contributed by atoms with Crippen LogP contribution in [0.15, 0.2) is 0 Å². The molecule has 1 aliphatic heterocycles. The number of carbonyl (C=O) groups is 3. The van der Waals surface area contributed by atoms with Crippen LogP contribution in [0, 0.1) is 59.2 Å². The lowest BCUT2D eigenvalue weighted by Crippen LogP contribution is -2.50. The molecule has 0 spiro atoms. The predicted molar refractivity (Wildman–Crippen MR) is 116 cm³/mol. The van der Waals surface area contributed by atoms with Crippen molar-refractivity contribution < 1.29 is 28.6 Å². The van der Waals surface area contributed by atoms with Crippen molar-refractivity contribution in [2.75, 3.05) is 6.61 Å². The highest BCUT2D eigenvalue weighted by molar-refractivity contribution is 5.91. The molecular formula is C26H38O6. The fourth-order valence-electron chi connectivity index (χ4n) is 8.46. The first-order valence-corrected chi connectivity index (χ1v) is 12.4. The minimum atomic E-state index is -0.914. The van der Waals surface area contributed by atoms with Gasteiger partial charge in [-0.05, 0) is 94.8 Å². The van der Waals surface area contributed by atoms with Gasteiger partial charge in [-0.3, -0.25) is 14.4 Å². The van der Waals surface area contributed by atoms with Gasteiger partial charge in [0.25, 0.3) is 0 Å². The van der Waals surface area contributed by atoms with Crippen LogP contribution in [-0.4, -0.2) is 41.6 Å². The summed E-state index contributed by atoms with van der Waals surface area (Å²) in [5.74, 6) is 1.99. The summed E-state index contributed by atoms with van der Waals surface area (Å²) < 4.78 is 17.2. The third-order valence-corrected chi connectivity index (χ3v) is 9.70. The van der Waals surface area contributed by atoms with Crippen molar-refractivity contribution in [1.29, 1.82) is 0 Å². The Morgan fingerprint density at radius 3 is 1.88 bits per heavy atom. The molecule has 5 aliphatic rings. The maximum atomic E-state index is 13.6. The van der Waals surface area contributed by atoms with Gasteiger partial charge in [-0.2, -0.15) is 0 Å². The quantitative estimate of drug-likeness (QED) is 0.486. The molecule has 4 aliphatic carbocycles. The monoisotopic (exact) mass is 446 g/mol. The molecule has 0 amide bonds. The fourth-order valence-corrected chi connectivity index (χ4v) is 8.46. The molecule has 1 heterocycles. The van der Waals surface area contributed by atoms with E-state index in [0.717, 1.165) is 6.42 Å². The number of hydrogen-bond donors (Lipinski definition) is 0. The molecule has 32 heavy (non-hydrogen) atoms. The summed E-state index contributed by atoms with van der Waals surface area (Å²) in [5.41, 5.74) is -1.45. The summed E-state index contributed by atoms with van der Waals surface area (Å²) in [6.45, 7) is 13.8. The van der Waals surface area contributed by atoms with Gasteiger partial charge in [0.15, 0.2) is 6.10 Å². The highest BCUT2D eigenvalue weighted by Gasteiger charge is 2.71. The first kappa shape index (κ1) is 22.4. The standard InChI is InChI=1S/C26H38O6/c1-11-12(2)14-8-13(11)18-15-9-16(19(14)18)21(24(29)32-25(3,4)5)20(15)23(28)31-22-17(27)10-30-26(22,6)7/h11-16,18-22H,8-10H2,1-7H3. The van der Waals surface area contributed by atoms with Crippen molar-refractivity contribution in [2.24, 2.45) is 59.2 Å². The number of hydrogen-bond acceptors (Lipinski definition) is 6. The van der Waals surface area contributed by atoms with Gasteiger partial charge in [-0.15, -0.1) is 0 Å². The van der Waals surface area contributed by atoms with E-state index in [1.54, 1.807) is 13.8 Å². The Labute approximate surface area is 191 Å². The van der Waals surface area contributed by atoms with Crippen LogP contribution in [0.25, 0.3) is 0 Å². The van der Waals surface area contributed by atoms with E-state index in [1.165, 1.54) is 6.42 Å². The number of ketones is 1. The number of Topliss-reactive ketones (excluding diaryl/α,β-unsaturated/α-hetero) is 1. The smallest absolute Gasteiger partial charge is 0.310 e. The molecule has 4 bridgehead atoms. The lowest BCUT2D eigenvalue weighted by Gasteiger charge is -2.45. The van der Waals surface area contributed by atoms with Gasteiger partial charge in [-0.1, -0.05) is 13.8 Å². The normalized spacial score (nSPS) is 48.2. The molecule has 6 heteroatoms. The summed E-state index contributed by atoms with van der Waals surface area (Å²) in [7, 11) is 0. The number of ether oxygens (including phenoxy) is 3. The van der Waals surface area contributed by atoms with Crippen molar-refractivity contribution in [3.63, 3.8) is 0 Å². The summed E-state index contributed by atoms with van der Waals surface area (Å²) in [4.78, 5) is 39.4. The van der Waals surface area contributed by atoms with Crippen LogP contribution in [0.2, 0.25) is 0 Å². The maximum Gasteiger partial charge on any atom is 0.310 e. The molecule has 0 aromatic rings. The van der Waals surface area contributed by atoms with Crippen molar-refractivity contribution in [3.05, 3.63) is 0 Å². The molecule has 178 valence electrons. The Kier molecular flexibility index (Phi) is 4.92. The Morgan fingerprint density at radius 1 is 0.906 bits per heavy atom. The zero-order valence-corrected chi connectivity index (χ0v) is 20.4. The number of rotatable bonds is 3.